The standard InChI is InChI=1S/C20H18F2N2O2/c21-16-5-1-14(2-6-16)11-23-20(12-25-13-20)10-18-9-19(26-24-18)15-3-7-17(22)8-4-15/h1-9,23H,10-13H2. The molecule has 0 spiro atoms. The summed E-state index contributed by atoms with van der Waals surface area (Å²) in [5, 5.41) is 7.63. The molecule has 1 aliphatic heterocycles. The summed E-state index contributed by atoms with van der Waals surface area (Å²) < 4.78 is 36.8. The van der Waals surface area contributed by atoms with Gasteiger partial charge in [0.25, 0.3) is 0 Å². The van der Waals surface area contributed by atoms with E-state index in [0.29, 0.717) is 31.9 Å². The van der Waals surface area contributed by atoms with Crippen molar-refractivity contribution >= 4 is 0 Å². The Balaban J connectivity index is 1.43. The van der Waals surface area contributed by atoms with Gasteiger partial charge in [-0.2, -0.15) is 0 Å². The van der Waals surface area contributed by atoms with E-state index in [-0.39, 0.29) is 17.2 Å². The summed E-state index contributed by atoms with van der Waals surface area (Å²) in [5.41, 5.74) is 2.37. The van der Waals surface area contributed by atoms with Gasteiger partial charge in [0.15, 0.2) is 5.76 Å². The Hall–Kier alpha value is -2.57. The maximum atomic E-state index is 13.0. The molecule has 2 aromatic carbocycles. The third kappa shape index (κ3) is 3.66. The molecule has 26 heavy (non-hydrogen) atoms. The molecule has 1 aromatic heterocycles. The van der Waals surface area contributed by atoms with Gasteiger partial charge in [-0.15, -0.1) is 0 Å². The van der Waals surface area contributed by atoms with Crippen molar-refractivity contribution in [3.63, 3.8) is 0 Å². The van der Waals surface area contributed by atoms with E-state index in [1.807, 2.05) is 6.07 Å². The van der Waals surface area contributed by atoms with Gasteiger partial charge in [0.2, 0.25) is 0 Å². The van der Waals surface area contributed by atoms with Crippen molar-refractivity contribution < 1.29 is 18.0 Å². The van der Waals surface area contributed by atoms with Crippen LogP contribution >= 0.6 is 0 Å². The summed E-state index contributed by atoms with van der Waals surface area (Å²) in [6.45, 7) is 1.77. The van der Waals surface area contributed by atoms with E-state index in [1.165, 1.54) is 24.3 Å². The van der Waals surface area contributed by atoms with Crippen molar-refractivity contribution in [2.45, 2.75) is 18.5 Å². The molecular weight excluding hydrogens is 338 g/mol. The fourth-order valence-electron chi connectivity index (χ4n) is 3.00. The predicted molar refractivity (Wildman–Crippen MR) is 92.4 cm³/mol. The van der Waals surface area contributed by atoms with Crippen LogP contribution in [0.3, 0.4) is 0 Å². The topological polar surface area (TPSA) is 47.3 Å². The third-order valence-corrected chi connectivity index (χ3v) is 4.54. The molecule has 0 bridgehead atoms. The molecule has 1 saturated heterocycles. The summed E-state index contributed by atoms with van der Waals surface area (Å²) in [7, 11) is 0. The maximum Gasteiger partial charge on any atom is 0.167 e. The van der Waals surface area contributed by atoms with Crippen LogP contribution in [0.25, 0.3) is 11.3 Å². The van der Waals surface area contributed by atoms with Gasteiger partial charge in [-0.3, -0.25) is 0 Å². The van der Waals surface area contributed by atoms with Gasteiger partial charge in [0.05, 0.1) is 24.4 Å². The fourth-order valence-corrected chi connectivity index (χ4v) is 3.00. The molecule has 3 aromatic rings. The molecule has 0 saturated carbocycles. The first-order valence-corrected chi connectivity index (χ1v) is 8.41. The van der Waals surface area contributed by atoms with E-state index < -0.39 is 0 Å². The van der Waals surface area contributed by atoms with Crippen LogP contribution in [-0.2, 0) is 17.7 Å². The second-order valence-electron chi connectivity index (χ2n) is 6.62. The molecule has 134 valence electrons. The zero-order chi connectivity index (χ0) is 18.0. The van der Waals surface area contributed by atoms with Crippen LogP contribution in [0.1, 0.15) is 11.3 Å². The van der Waals surface area contributed by atoms with E-state index in [9.17, 15) is 8.78 Å². The first-order valence-electron chi connectivity index (χ1n) is 8.41. The molecule has 4 nitrogen and oxygen atoms in total. The van der Waals surface area contributed by atoms with Crippen molar-refractivity contribution in [2.24, 2.45) is 0 Å². The Bertz CT molecular complexity index is 872. The number of halogens is 2. The van der Waals surface area contributed by atoms with Gasteiger partial charge in [-0.05, 0) is 42.0 Å². The average Bonchev–Trinajstić information content (AvgIpc) is 3.07. The van der Waals surface area contributed by atoms with Crippen molar-refractivity contribution in [2.75, 3.05) is 13.2 Å². The third-order valence-electron chi connectivity index (χ3n) is 4.54. The van der Waals surface area contributed by atoms with E-state index >= 15 is 0 Å². The van der Waals surface area contributed by atoms with Crippen LogP contribution in [0, 0.1) is 11.6 Å². The molecule has 0 aliphatic carbocycles. The van der Waals surface area contributed by atoms with Crippen LogP contribution in [-0.4, -0.2) is 23.9 Å². The number of hydrogen-bond acceptors (Lipinski definition) is 4. The summed E-state index contributed by atoms with van der Waals surface area (Å²) in [6, 6.07) is 14.4. The molecule has 4 rings (SSSR count). The van der Waals surface area contributed by atoms with E-state index in [4.69, 9.17) is 9.26 Å². The lowest BCUT2D eigenvalue weighted by atomic mass is 9.90. The van der Waals surface area contributed by atoms with Gasteiger partial charge < -0.3 is 14.6 Å². The molecule has 1 aliphatic rings. The lowest BCUT2D eigenvalue weighted by Gasteiger charge is -2.42. The quantitative estimate of drug-likeness (QED) is 0.731. The van der Waals surface area contributed by atoms with Gasteiger partial charge in [0.1, 0.15) is 11.6 Å². The number of aromatic nitrogens is 1. The monoisotopic (exact) mass is 356 g/mol. The fraction of sp³-hybridized carbons (Fsp3) is 0.250. The molecule has 1 fully saturated rings. The van der Waals surface area contributed by atoms with Crippen LogP contribution in [0.15, 0.2) is 59.1 Å². The Labute approximate surface area is 149 Å². The number of nitrogens with one attached hydrogen (secondary N) is 1. The molecule has 6 heteroatoms. The second-order valence-corrected chi connectivity index (χ2v) is 6.62. The van der Waals surface area contributed by atoms with Gasteiger partial charge in [-0.25, -0.2) is 8.78 Å². The Morgan fingerprint density at radius 2 is 1.62 bits per heavy atom. The largest absolute Gasteiger partial charge is 0.377 e. The number of benzene rings is 2. The van der Waals surface area contributed by atoms with Gasteiger partial charge in [0, 0.05) is 24.6 Å². The minimum absolute atomic E-state index is 0.217. The zero-order valence-corrected chi connectivity index (χ0v) is 14.0. The van der Waals surface area contributed by atoms with Crippen LogP contribution in [0.4, 0.5) is 8.78 Å². The molecule has 2 heterocycles. The van der Waals surface area contributed by atoms with Crippen molar-refractivity contribution in [3.05, 3.63) is 77.5 Å². The summed E-state index contributed by atoms with van der Waals surface area (Å²) in [5.74, 6) is 0.0735. The normalized spacial score (nSPS) is 15.6. The zero-order valence-electron chi connectivity index (χ0n) is 14.0. The highest BCUT2D eigenvalue weighted by Gasteiger charge is 2.39. The molecule has 0 radical (unpaired) electrons. The Morgan fingerprint density at radius 1 is 0.962 bits per heavy atom. The predicted octanol–water partition coefficient (Wildman–Crippen LogP) is 3.72. The molecule has 0 unspecified atom stereocenters. The minimum Gasteiger partial charge on any atom is -0.377 e. The highest BCUT2D eigenvalue weighted by Crippen LogP contribution is 2.26. The van der Waals surface area contributed by atoms with Gasteiger partial charge in [-0.1, -0.05) is 17.3 Å². The highest BCUT2D eigenvalue weighted by atomic mass is 19.1. The van der Waals surface area contributed by atoms with Crippen LogP contribution in [0.2, 0.25) is 0 Å². The minimum atomic E-state index is -0.288. The molecule has 0 amide bonds. The Morgan fingerprint density at radius 3 is 2.23 bits per heavy atom. The average molecular weight is 356 g/mol. The highest BCUT2D eigenvalue weighted by molar-refractivity contribution is 5.57. The SMILES string of the molecule is Fc1ccc(CNC2(Cc3cc(-c4ccc(F)cc4)on3)COC2)cc1. The van der Waals surface area contributed by atoms with Gasteiger partial charge >= 0.3 is 0 Å². The summed E-state index contributed by atoms with van der Waals surface area (Å²) >= 11 is 0. The Kier molecular flexibility index (Phi) is 4.53. The lowest BCUT2D eigenvalue weighted by molar-refractivity contribution is -0.0755. The van der Waals surface area contributed by atoms with E-state index in [2.05, 4.69) is 10.5 Å². The second kappa shape index (κ2) is 6.97. The number of hydrogen-bond donors (Lipinski definition) is 1. The van der Waals surface area contributed by atoms with Crippen LogP contribution in [0.5, 0.6) is 0 Å². The molecule has 1 N–H and O–H groups in total. The first-order chi connectivity index (χ1) is 12.6. The van der Waals surface area contributed by atoms with E-state index in [1.54, 1.807) is 24.3 Å². The number of rotatable bonds is 6. The smallest absolute Gasteiger partial charge is 0.167 e. The van der Waals surface area contributed by atoms with Crippen LogP contribution < -0.4 is 5.32 Å². The number of nitrogens with zero attached hydrogens (tertiary/aromatic N) is 1. The lowest BCUT2D eigenvalue weighted by Crippen LogP contribution is -2.61. The molecular formula is C20H18F2N2O2. The van der Waals surface area contributed by atoms with Crippen molar-refractivity contribution in [1.82, 2.24) is 10.5 Å². The maximum absolute atomic E-state index is 13.0. The number of ether oxygens (including phenoxy) is 1. The summed E-state index contributed by atoms with van der Waals surface area (Å²) in [6.07, 6.45) is 0.652. The first kappa shape index (κ1) is 16.9. The van der Waals surface area contributed by atoms with Crippen molar-refractivity contribution in [3.8, 4) is 11.3 Å². The van der Waals surface area contributed by atoms with Crippen molar-refractivity contribution in [1.29, 1.82) is 0 Å². The molecule has 0 atom stereocenters. The summed E-state index contributed by atoms with van der Waals surface area (Å²) in [4.78, 5) is 0. The van der Waals surface area contributed by atoms with E-state index in [0.717, 1.165) is 16.8 Å².